The molecule has 2 aliphatic rings. The Morgan fingerprint density at radius 3 is 2.67 bits per heavy atom. The summed E-state index contributed by atoms with van der Waals surface area (Å²) in [6.07, 6.45) is 9.73. The number of nitrogens with zero attached hydrogens (tertiary/aromatic N) is 8. The zero-order chi connectivity index (χ0) is 18.2. The minimum Gasteiger partial charge on any atom is -0.424 e. The van der Waals surface area contributed by atoms with Gasteiger partial charge in [-0.05, 0) is 12.8 Å². The van der Waals surface area contributed by atoms with Crippen molar-refractivity contribution in [3.63, 3.8) is 0 Å². The van der Waals surface area contributed by atoms with Gasteiger partial charge in [0.2, 0.25) is 11.8 Å². The maximum Gasteiger partial charge on any atom is 0.230 e. The third-order valence-electron chi connectivity index (χ3n) is 5.09. The Balaban J connectivity index is 1.21. The molecular weight excluding hydrogens is 344 g/mol. The molecule has 0 unspecified atom stereocenters. The molecule has 27 heavy (non-hydrogen) atoms. The predicted molar refractivity (Wildman–Crippen MR) is 98.0 cm³/mol. The number of aryl methyl sites for hydroxylation is 1. The summed E-state index contributed by atoms with van der Waals surface area (Å²) in [7, 11) is 1.90. The standard InChI is InChI=1S/C18H22N8O/c1-24-11-14(8-20-24)15-9-19-10-16(21-15)26-6-4-25(5-7-26)12-17-22-23-18(27-17)13-2-3-13/h8-11,13H,2-7,12H2,1H3. The first-order valence-electron chi connectivity index (χ1n) is 9.35. The number of anilines is 1. The van der Waals surface area contributed by atoms with Crippen LogP contribution in [0.5, 0.6) is 0 Å². The van der Waals surface area contributed by atoms with Crippen LogP contribution in [0.1, 0.15) is 30.5 Å². The second-order valence-electron chi connectivity index (χ2n) is 7.24. The quantitative estimate of drug-likeness (QED) is 0.670. The number of hydrogen-bond donors (Lipinski definition) is 0. The highest BCUT2D eigenvalue weighted by atomic mass is 16.4. The van der Waals surface area contributed by atoms with Gasteiger partial charge in [-0.3, -0.25) is 14.6 Å². The van der Waals surface area contributed by atoms with Gasteiger partial charge in [-0.1, -0.05) is 0 Å². The van der Waals surface area contributed by atoms with E-state index >= 15 is 0 Å². The summed E-state index contributed by atoms with van der Waals surface area (Å²) in [5.74, 6) is 2.95. The number of rotatable bonds is 5. The van der Waals surface area contributed by atoms with E-state index < -0.39 is 0 Å². The maximum absolute atomic E-state index is 5.78. The first-order valence-corrected chi connectivity index (χ1v) is 9.35. The van der Waals surface area contributed by atoms with Gasteiger partial charge in [-0.15, -0.1) is 10.2 Å². The van der Waals surface area contributed by atoms with Crippen LogP contribution in [0.4, 0.5) is 5.82 Å². The second-order valence-corrected chi connectivity index (χ2v) is 7.24. The van der Waals surface area contributed by atoms with E-state index in [1.807, 2.05) is 25.6 Å². The van der Waals surface area contributed by atoms with Gasteiger partial charge in [0.25, 0.3) is 0 Å². The number of piperazine rings is 1. The summed E-state index contributed by atoms with van der Waals surface area (Å²) in [6, 6.07) is 0. The van der Waals surface area contributed by atoms with Crippen molar-refractivity contribution in [1.82, 2.24) is 34.8 Å². The minimum atomic E-state index is 0.508. The zero-order valence-electron chi connectivity index (χ0n) is 15.3. The number of aromatic nitrogens is 6. The Morgan fingerprint density at radius 1 is 1.07 bits per heavy atom. The van der Waals surface area contributed by atoms with E-state index in [1.54, 1.807) is 10.9 Å². The van der Waals surface area contributed by atoms with Crippen molar-refractivity contribution in [2.45, 2.75) is 25.3 Å². The monoisotopic (exact) mass is 366 g/mol. The summed E-state index contributed by atoms with van der Waals surface area (Å²) < 4.78 is 7.55. The third kappa shape index (κ3) is 3.55. The molecule has 3 aromatic heterocycles. The average molecular weight is 366 g/mol. The van der Waals surface area contributed by atoms with E-state index in [1.165, 1.54) is 12.8 Å². The molecule has 1 saturated heterocycles. The second kappa shape index (κ2) is 6.73. The van der Waals surface area contributed by atoms with Crippen molar-refractivity contribution >= 4 is 5.82 Å². The van der Waals surface area contributed by atoms with Crippen LogP contribution in [0, 0.1) is 0 Å². The molecule has 1 aliphatic carbocycles. The van der Waals surface area contributed by atoms with E-state index in [2.05, 4.69) is 30.1 Å². The molecule has 0 spiro atoms. The van der Waals surface area contributed by atoms with Crippen LogP contribution in [0.2, 0.25) is 0 Å². The van der Waals surface area contributed by atoms with Gasteiger partial charge in [0.1, 0.15) is 5.82 Å². The van der Waals surface area contributed by atoms with Crippen LogP contribution < -0.4 is 4.90 Å². The molecule has 5 rings (SSSR count). The van der Waals surface area contributed by atoms with Crippen molar-refractivity contribution < 1.29 is 4.42 Å². The maximum atomic E-state index is 5.78. The van der Waals surface area contributed by atoms with Crippen LogP contribution in [-0.2, 0) is 13.6 Å². The molecule has 3 aromatic rings. The van der Waals surface area contributed by atoms with Gasteiger partial charge in [-0.2, -0.15) is 5.10 Å². The Hall–Kier alpha value is -2.81. The lowest BCUT2D eigenvalue weighted by Crippen LogP contribution is -2.46. The molecule has 1 saturated carbocycles. The fraction of sp³-hybridized carbons (Fsp3) is 0.500. The van der Waals surface area contributed by atoms with Gasteiger partial charge < -0.3 is 9.32 Å². The van der Waals surface area contributed by atoms with E-state index in [9.17, 15) is 0 Å². The first kappa shape index (κ1) is 16.4. The Morgan fingerprint density at radius 2 is 1.93 bits per heavy atom. The lowest BCUT2D eigenvalue weighted by Gasteiger charge is -2.34. The minimum absolute atomic E-state index is 0.508. The molecule has 4 heterocycles. The zero-order valence-corrected chi connectivity index (χ0v) is 15.3. The topological polar surface area (TPSA) is 89.0 Å². The highest BCUT2D eigenvalue weighted by Crippen LogP contribution is 2.39. The van der Waals surface area contributed by atoms with Gasteiger partial charge in [0, 0.05) is 50.9 Å². The Bertz CT molecular complexity index is 923. The molecule has 9 nitrogen and oxygen atoms in total. The highest BCUT2D eigenvalue weighted by molar-refractivity contribution is 5.58. The van der Waals surface area contributed by atoms with Crippen molar-refractivity contribution in [2.24, 2.45) is 7.05 Å². The van der Waals surface area contributed by atoms with Crippen molar-refractivity contribution in [3.05, 3.63) is 36.6 Å². The Kier molecular flexibility index (Phi) is 4.08. The molecule has 0 aromatic carbocycles. The largest absolute Gasteiger partial charge is 0.424 e. The summed E-state index contributed by atoms with van der Waals surface area (Å²) in [4.78, 5) is 13.8. The van der Waals surface area contributed by atoms with Gasteiger partial charge in [0.05, 0.1) is 30.8 Å². The summed E-state index contributed by atoms with van der Waals surface area (Å²) in [5, 5.41) is 12.6. The molecule has 140 valence electrons. The van der Waals surface area contributed by atoms with Gasteiger partial charge in [0.15, 0.2) is 0 Å². The van der Waals surface area contributed by atoms with Gasteiger partial charge >= 0.3 is 0 Å². The molecule has 9 heteroatoms. The average Bonchev–Trinajstić information content (AvgIpc) is 3.29. The van der Waals surface area contributed by atoms with Gasteiger partial charge in [-0.25, -0.2) is 4.98 Å². The molecular formula is C18H22N8O. The molecule has 2 fully saturated rings. The van der Waals surface area contributed by atoms with E-state index in [-0.39, 0.29) is 0 Å². The smallest absolute Gasteiger partial charge is 0.230 e. The molecule has 0 N–H and O–H groups in total. The summed E-state index contributed by atoms with van der Waals surface area (Å²) in [6.45, 7) is 4.37. The van der Waals surface area contributed by atoms with Crippen LogP contribution in [-0.4, -0.2) is 61.0 Å². The van der Waals surface area contributed by atoms with Crippen LogP contribution in [0.3, 0.4) is 0 Å². The van der Waals surface area contributed by atoms with Crippen LogP contribution in [0.25, 0.3) is 11.3 Å². The van der Waals surface area contributed by atoms with Crippen LogP contribution >= 0.6 is 0 Å². The number of hydrogen-bond acceptors (Lipinski definition) is 8. The van der Waals surface area contributed by atoms with E-state index in [4.69, 9.17) is 9.40 Å². The summed E-state index contributed by atoms with van der Waals surface area (Å²) in [5.41, 5.74) is 1.83. The first-order chi connectivity index (χ1) is 13.2. The van der Waals surface area contributed by atoms with Crippen molar-refractivity contribution in [3.8, 4) is 11.3 Å². The third-order valence-corrected chi connectivity index (χ3v) is 5.09. The van der Waals surface area contributed by atoms with E-state index in [0.29, 0.717) is 5.92 Å². The molecule has 1 aliphatic heterocycles. The lowest BCUT2D eigenvalue weighted by molar-refractivity contribution is 0.223. The highest BCUT2D eigenvalue weighted by Gasteiger charge is 2.29. The molecule has 0 amide bonds. The van der Waals surface area contributed by atoms with Crippen molar-refractivity contribution in [2.75, 3.05) is 31.1 Å². The SMILES string of the molecule is Cn1cc(-c2cncc(N3CCN(Cc4nnc(C5CC5)o4)CC3)n2)cn1. The van der Waals surface area contributed by atoms with Crippen LogP contribution in [0.15, 0.2) is 29.2 Å². The fourth-order valence-electron chi connectivity index (χ4n) is 3.35. The van der Waals surface area contributed by atoms with Crippen molar-refractivity contribution in [1.29, 1.82) is 0 Å². The normalized spacial score (nSPS) is 18.2. The predicted octanol–water partition coefficient (Wildman–Crippen LogP) is 1.46. The van der Waals surface area contributed by atoms with E-state index in [0.717, 1.165) is 61.6 Å². The Labute approximate surface area is 157 Å². The fourth-order valence-corrected chi connectivity index (χ4v) is 3.35. The molecule has 0 bridgehead atoms. The molecule has 0 radical (unpaired) electrons. The lowest BCUT2D eigenvalue weighted by atomic mass is 10.2. The molecule has 0 atom stereocenters. The summed E-state index contributed by atoms with van der Waals surface area (Å²) >= 11 is 0.